The molecule has 2 rings (SSSR count). The highest BCUT2D eigenvalue weighted by molar-refractivity contribution is 5.89. The first-order valence-corrected chi connectivity index (χ1v) is 7.59. The maximum Gasteiger partial charge on any atom is 0.338 e. The van der Waals surface area contributed by atoms with Crippen LogP contribution in [-0.4, -0.2) is 36.4 Å². The summed E-state index contributed by atoms with van der Waals surface area (Å²) in [4.78, 5) is 23.2. The third-order valence-corrected chi connectivity index (χ3v) is 3.01. The standard InChI is InChI=1S/C18H18N2O5/c1-2-24-18(23)14-6-8-16(9-7-14)25-12-17(22)20-19-11-13-4-3-5-15(21)10-13/h3-11,21H,2,12H2,1H3,(H,20,22). The summed E-state index contributed by atoms with van der Waals surface area (Å²) in [6, 6.07) is 12.7. The van der Waals surface area contributed by atoms with Crippen molar-refractivity contribution in [2.24, 2.45) is 5.10 Å². The first-order chi connectivity index (χ1) is 12.1. The molecular weight excluding hydrogens is 324 g/mol. The number of benzene rings is 2. The summed E-state index contributed by atoms with van der Waals surface area (Å²) in [6.07, 6.45) is 1.41. The van der Waals surface area contributed by atoms with Gasteiger partial charge in [0.05, 0.1) is 18.4 Å². The van der Waals surface area contributed by atoms with Crippen LogP contribution in [0.2, 0.25) is 0 Å². The normalized spacial score (nSPS) is 10.4. The van der Waals surface area contributed by atoms with Crippen LogP contribution in [0.1, 0.15) is 22.8 Å². The second kappa shape index (κ2) is 9.07. The van der Waals surface area contributed by atoms with E-state index in [1.165, 1.54) is 18.3 Å². The molecule has 25 heavy (non-hydrogen) atoms. The monoisotopic (exact) mass is 342 g/mol. The zero-order valence-electron chi connectivity index (χ0n) is 13.6. The van der Waals surface area contributed by atoms with Crippen LogP contribution in [0.15, 0.2) is 53.6 Å². The largest absolute Gasteiger partial charge is 0.508 e. The molecule has 0 bridgehead atoms. The van der Waals surface area contributed by atoms with Gasteiger partial charge in [0, 0.05) is 0 Å². The summed E-state index contributed by atoms with van der Waals surface area (Å²) in [5.74, 6) is -0.288. The van der Waals surface area contributed by atoms with Gasteiger partial charge in [0.1, 0.15) is 11.5 Å². The van der Waals surface area contributed by atoms with Gasteiger partial charge in [0.15, 0.2) is 6.61 Å². The third kappa shape index (κ3) is 5.98. The predicted molar refractivity (Wildman–Crippen MR) is 91.7 cm³/mol. The van der Waals surface area contributed by atoms with Crippen molar-refractivity contribution in [2.45, 2.75) is 6.92 Å². The summed E-state index contributed by atoms with van der Waals surface area (Å²) >= 11 is 0. The number of esters is 1. The number of carbonyl (C=O) groups is 2. The minimum absolute atomic E-state index is 0.116. The van der Waals surface area contributed by atoms with Crippen molar-refractivity contribution < 1.29 is 24.2 Å². The van der Waals surface area contributed by atoms with E-state index in [4.69, 9.17) is 9.47 Å². The number of hydrazone groups is 1. The fourth-order valence-electron chi connectivity index (χ4n) is 1.87. The van der Waals surface area contributed by atoms with E-state index in [1.54, 1.807) is 43.3 Å². The molecule has 0 radical (unpaired) electrons. The summed E-state index contributed by atoms with van der Waals surface area (Å²) in [5.41, 5.74) is 3.38. The van der Waals surface area contributed by atoms with E-state index in [9.17, 15) is 14.7 Å². The number of carbonyl (C=O) groups excluding carboxylic acids is 2. The van der Waals surface area contributed by atoms with Crippen molar-refractivity contribution in [3.8, 4) is 11.5 Å². The lowest BCUT2D eigenvalue weighted by Gasteiger charge is -2.06. The number of nitrogens with zero attached hydrogens (tertiary/aromatic N) is 1. The molecule has 2 aromatic carbocycles. The molecule has 0 aliphatic heterocycles. The van der Waals surface area contributed by atoms with Crippen LogP contribution in [0.4, 0.5) is 0 Å². The van der Waals surface area contributed by atoms with Gasteiger partial charge < -0.3 is 14.6 Å². The van der Waals surface area contributed by atoms with E-state index in [-0.39, 0.29) is 12.4 Å². The van der Waals surface area contributed by atoms with Gasteiger partial charge in [-0.3, -0.25) is 4.79 Å². The highest BCUT2D eigenvalue weighted by Gasteiger charge is 2.07. The van der Waals surface area contributed by atoms with Gasteiger partial charge in [-0.15, -0.1) is 0 Å². The second-order valence-corrected chi connectivity index (χ2v) is 4.92. The molecule has 130 valence electrons. The first kappa shape index (κ1) is 18.0. The van der Waals surface area contributed by atoms with Crippen molar-refractivity contribution in [1.29, 1.82) is 0 Å². The van der Waals surface area contributed by atoms with Crippen LogP contribution < -0.4 is 10.2 Å². The van der Waals surface area contributed by atoms with Crippen LogP contribution in [0, 0.1) is 0 Å². The molecule has 0 unspecified atom stereocenters. The van der Waals surface area contributed by atoms with Gasteiger partial charge in [-0.25, -0.2) is 10.2 Å². The molecule has 7 nitrogen and oxygen atoms in total. The van der Waals surface area contributed by atoms with Gasteiger partial charge in [-0.2, -0.15) is 5.10 Å². The fraction of sp³-hybridized carbons (Fsp3) is 0.167. The number of rotatable bonds is 7. The number of hydrogen-bond donors (Lipinski definition) is 2. The number of nitrogens with one attached hydrogen (secondary N) is 1. The summed E-state index contributed by atoms with van der Waals surface area (Å²) < 4.78 is 10.2. The van der Waals surface area contributed by atoms with Crippen LogP contribution in [0.3, 0.4) is 0 Å². The van der Waals surface area contributed by atoms with E-state index >= 15 is 0 Å². The van der Waals surface area contributed by atoms with Gasteiger partial charge in [-0.05, 0) is 48.9 Å². The number of phenols is 1. The molecule has 2 N–H and O–H groups in total. The van der Waals surface area contributed by atoms with Crippen LogP contribution in [-0.2, 0) is 9.53 Å². The highest BCUT2D eigenvalue weighted by Crippen LogP contribution is 2.13. The van der Waals surface area contributed by atoms with E-state index in [0.717, 1.165) is 0 Å². The Morgan fingerprint density at radius 3 is 2.64 bits per heavy atom. The zero-order chi connectivity index (χ0) is 18.1. The van der Waals surface area contributed by atoms with Crippen LogP contribution >= 0.6 is 0 Å². The Morgan fingerprint density at radius 2 is 1.96 bits per heavy atom. The van der Waals surface area contributed by atoms with Crippen LogP contribution in [0.25, 0.3) is 0 Å². The molecule has 1 amide bonds. The molecule has 0 saturated carbocycles. The zero-order valence-corrected chi connectivity index (χ0v) is 13.6. The highest BCUT2D eigenvalue weighted by atomic mass is 16.5. The maximum atomic E-state index is 11.7. The number of aromatic hydroxyl groups is 1. The second-order valence-electron chi connectivity index (χ2n) is 4.92. The Morgan fingerprint density at radius 1 is 1.20 bits per heavy atom. The first-order valence-electron chi connectivity index (χ1n) is 7.59. The van der Waals surface area contributed by atoms with Crippen molar-refractivity contribution in [2.75, 3.05) is 13.2 Å². The molecule has 0 spiro atoms. The minimum Gasteiger partial charge on any atom is -0.508 e. The Labute approximate surface area is 144 Å². The van der Waals surface area contributed by atoms with Gasteiger partial charge in [0.2, 0.25) is 0 Å². The smallest absolute Gasteiger partial charge is 0.338 e. The molecule has 0 atom stereocenters. The van der Waals surface area contributed by atoms with E-state index in [0.29, 0.717) is 23.5 Å². The molecule has 2 aromatic rings. The summed E-state index contributed by atoms with van der Waals surface area (Å²) in [6.45, 7) is 1.81. The molecule has 0 saturated heterocycles. The van der Waals surface area contributed by atoms with Crippen molar-refractivity contribution in [1.82, 2.24) is 5.43 Å². The Kier molecular flexibility index (Phi) is 6.53. The number of ether oxygens (including phenoxy) is 2. The van der Waals surface area contributed by atoms with E-state index < -0.39 is 11.9 Å². The third-order valence-electron chi connectivity index (χ3n) is 3.01. The number of amides is 1. The SMILES string of the molecule is CCOC(=O)c1ccc(OCC(=O)NN=Cc2cccc(O)c2)cc1. The lowest BCUT2D eigenvalue weighted by atomic mass is 10.2. The molecule has 0 heterocycles. The summed E-state index contributed by atoms with van der Waals surface area (Å²) in [7, 11) is 0. The van der Waals surface area contributed by atoms with Crippen molar-refractivity contribution >= 4 is 18.1 Å². The molecule has 0 aliphatic carbocycles. The number of phenolic OH excluding ortho intramolecular Hbond substituents is 1. The molecular formula is C18H18N2O5. The number of hydrogen-bond acceptors (Lipinski definition) is 6. The maximum absolute atomic E-state index is 11.7. The Hall–Kier alpha value is -3.35. The summed E-state index contributed by atoms with van der Waals surface area (Å²) in [5, 5.41) is 13.1. The van der Waals surface area contributed by atoms with Gasteiger partial charge in [-0.1, -0.05) is 12.1 Å². The molecule has 0 fully saturated rings. The van der Waals surface area contributed by atoms with E-state index in [1.807, 2.05) is 0 Å². The van der Waals surface area contributed by atoms with Crippen molar-refractivity contribution in [3.05, 3.63) is 59.7 Å². The molecule has 0 aromatic heterocycles. The minimum atomic E-state index is -0.439. The average molecular weight is 342 g/mol. The van der Waals surface area contributed by atoms with Gasteiger partial charge in [0.25, 0.3) is 5.91 Å². The van der Waals surface area contributed by atoms with Gasteiger partial charge >= 0.3 is 5.97 Å². The topological polar surface area (TPSA) is 97.2 Å². The van der Waals surface area contributed by atoms with E-state index in [2.05, 4.69) is 10.5 Å². The van der Waals surface area contributed by atoms with Crippen LogP contribution in [0.5, 0.6) is 11.5 Å². The quantitative estimate of drug-likeness (QED) is 0.456. The molecule has 0 aliphatic rings. The fourth-order valence-corrected chi connectivity index (χ4v) is 1.87. The lowest BCUT2D eigenvalue weighted by Crippen LogP contribution is -2.24. The Bertz CT molecular complexity index is 756. The Balaban J connectivity index is 1.78. The predicted octanol–water partition coefficient (Wildman–Crippen LogP) is 2.10. The molecule has 7 heteroatoms. The average Bonchev–Trinajstić information content (AvgIpc) is 2.61. The lowest BCUT2D eigenvalue weighted by molar-refractivity contribution is -0.123. The van der Waals surface area contributed by atoms with Crippen molar-refractivity contribution in [3.63, 3.8) is 0 Å².